The maximum atomic E-state index is 12.5. The number of nitrogens with one attached hydrogen (secondary N) is 2. The predicted molar refractivity (Wildman–Crippen MR) is 79.4 cm³/mol. The average Bonchev–Trinajstić information content (AvgIpc) is 2.46. The lowest BCUT2D eigenvalue weighted by Crippen LogP contribution is -2.32. The summed E-state index contributed by atoms with van der Waals surface area (Å²) in [6, 6.07) is 7.75. The molecule has 0 bridgehead atoms. The van der Waals surface area contributed by atoms with E-state index >= 15 is 0 Å². The summed E-state index contributed by atoms with van der Waals surface area (Å²) in [5.74, 6) is -0.762. The molecule has 0 aliphatic rings. The lowest BCUT2D eigenvalue weighted by atomic mass is 10.1. The molecular weight excluding hydrogens is 333 g/mol. The number of aromatic amines is 1. The van der Waals surface area contributed by atoms with Gasteiger partial charge in [0.25, 0.3) is 11.5 Å². The number of H-pyrrole nitrogens is 1. The SMILES string of the molecule is CC(NC(=O)c1ccc(C(F)(F)F)[nH]c1=O)c1ccc(Cl)cc1. The van der Waals surface area contributed by atoms with Gasteiger partial charge in [0, 0.05) is 5.02 Å². The Morgan fingerprint density at radius 2 is 1.78 bits per heavy atom. The highest BCUT2D eigenvalue weighted by Crippen LogP contribution is 2.26. The summed E-state index contributed by atoms with van der Waals surface area (Å²) in [4.78, 5) is 25.4. The minimum atomic E-state index is -4.68. The van der Waals surface area contributed by atoms with Crippen molar-refractivity contribution < 1.29 is 18.0 Å². The van der Waals surface area contributed by atoms with E-state index in [1.807, 2.05) is 0 Å². The molecule has 1 aromatic carbocycles. The van der Waals surface area contributed by atoms with E-state index in [-0.39, 0.29) is 5.56 Å². The highest BCUT2D eigenvalue weighted by Gasteiger charge is 2.32. The third-order valence-electron chi connectivity index (χ3n) is 3.18. The molecule has 23 heavy (non-hydrogen) atoms. The Balaban J connectivity index is 2.18. The molecule has 1 aromatic heterocycles. The van der Waals surface area contributed by atoms with Crippen molar-refractivity contribution in [1.82, 2.24) is 10.3 Å². The highest BCUT2D eigenvalue weighted by molar-refractivity contribution is 6.30. The minimum absolute atomic E-state index is 0.390. The molecule has 4 nitrogen and oxygen atoms in total. The molecule has 1 amide bonds. The second-order valence-electron chi connectivity index (χ2n) is 4.86. The normalized spacial score (nSPS) is 12.7. The number of pyridine rings is 1. The molecule has 0 saturated heterocycles. The van der Waals surface area contributed by atoms with Crippen molar-refractivity contribution in [3.63, 3.8) is 0 Å². The van der Waals surface area contributed by atoms with Gasteiger partial charge in [-0.3, -0.25) is 9.59 Å². The molecule has 0 aliphatic heterocycles. The zero-order valence-electron chi connectivity index (χ0n) is 11.9. The summed E-state index contributed by atoms with van der Waals surface area (Å²) in [5.41, 5.74) is -1.95. The monoisotopic (exact) mass is 344 g/mol. The Labute approximate surface area is 134 Å². The van der Waals surface area contributed by atoms with E-state index in [0.29, 0.717) is 11.1 Å². The van der Waals surface area contributed by atoms with Crippen LogP contribution in [0, 0.1) is 0 Å². The van der Waals surface area contributed by atoms with Gasteiger partial charge in [0.15, 0.2) is 0 Å². The van der Waals surface area contributed by atoms with Gasteiger partial charge in [0.1, 0.15) is 11.3 Å². The van der Waals surface area contributed by atoms with E-state index in [4.69, 9.17) is 11.6 Å². The Bertz CT molecular complexity index is 770. The van der Waals surface area contributed by atoms with E-state index < -0.39 is 29.4 Å². The van der Waals surface area contributed by atoms with E-state index in [1.54, 1.807) is 36.2 Å². The van der Waals surface area contributed by atoms with Crippen molar-refractivity contribution in [2.45, 2.75) is 19.1 Å². The third-order valence-corrected chi connectivity index (χ3v) is 3.43. The van der Waals surface area contributed by atoms with Crippen LogP contribution in [0.2, 0.25) is 5.02 Å². The number of alkyl halides is 3. The Kier molecular flexibility index (Phi) is 4.79. The van der Waals surface area contributed by atoms with Crippen LogP contribution < -0.4 is 10.9 Å². The number of rotatable bonds is 3. The number of benzene rings is 1. The molecule has 1 heterocycles. The average molecular weight is 345 g/mol. The summed E-state index contributed by atoms with van der Waals surface area (Å²) in [7, 11) is 0. The van der Waals surface area contributed by atoms with Crippen LogP contribution in [-0.2, 0) is 6.18 Å². The maximum Gasteiger partial charge on any atom is 0.431 e. The van der Waals surface area contributed by atoms with Crippen molar-refractivity contribution in [2.75, 3.05) is 0 Å². The molecule has 0 spiro atoms. The van der Waals surface area contributed by atoms with Crippen molar-refractivity contribution in [3.05, 3.63) is 68.6 Å². The lowest BCUT2D eigenvalue weighted by Gasteiger charge is -2.14. The van der Waals surface area contributed by atoms with Gasteiger partial charge in [-0.15, -0.1) is 0 Å². The first-order valence-corrected chi connectivity index (χ1v) is 6.93. The quantitative estimate of drug-likeness (QED) is 0.894. The van der Waals surface area contributed by atoms with Gasteiger partial charge in [-0.2, -0.15) is 13.2 Å². The standard InChI is InChI=1S/C15H12ClF3N2O2/c1-8(9-2-4-10(16)5-3-9)20-13(22)11-6-7-12(15(17,18)19)21-14(11)23/h2-8H,1H3,(H,20,22)(H,21,23). The number of halogens is 4. The van der Waals surface area contributed by atoms with Crippen LogP contribution in [0.4, 0.5) is 13.2 Å². The van der Waals surface area contributed by atoms with Crippen LogP contribution >= 0.6 is 11.6 Å². The molecule has 122 valence electrons. The second kappa shape index (κ2) is 6.45. The number of hydrogen-bond donors (Lipinski definition) is 2. The zero-order valence-corrected chi connectivity index (χ0v) is 12.6. The number of hydrogen-bond acceptors (Lipinski definition) is 2. The number of carbonyl (C=O) groups is 1. The molecule has 2 rings (SSSR count). The first kappa shape index (κ1) is 17.1. The fourth-order valence-electron chi connectivity index (χ4n) is 1.93. The molecule has 0 radical (unpaired) electrons. The third kappa shape index (κ3) is 4.13. The molecule has 0 aliphatic carbocycles. The molecule has 2 N–H and O–H groups in total. The summed E-state index contributed by atoms with van der Waals surface area (Å²) in [5, 5.41) is 3.08. The largest absolute Gasteiger partial charge is 0.431 e. The van der Waals surface area contributed by atoms with Gasteiger partial charge in [-0.25, -0.2) is 0 Å². The number of aromatic nitrogens is 1. The van der Waals surface area contributed by atoms with Gasteiger partial charge in [-0.05, 0) is 36.8 Å². The minimum Gasteiger partial charge on any atom is -0.345 e. The molecular formula is C15H12ClF3N2O2. The second-order valence-corrected chi connectivity index (χ2v) is 5.30. The van der Waals surface area contributed by atoms with Crippen LogP contribution in [0.25, 0.3) is 0 Å². The van der Waals surface area contributed by atoms with Crippen molar-refractivity contribution in [3.8, 4) is 0 Å². The zero-order chi connectivity index (χ0) is 17.2. The maximum absolute atomic E-state index is 12.5. The van der Waals surface area contributed by atoms with Gasteiger partial charge >= 0.3 is 6.18 Å². The van der Waals surface area contributed by atoms with E-state index in [2.05, 4.69) is 5.32 Å². The Hall–Kier alpha value is -2.28. The molecule has 8 heteroatoms. The van der Waals surface area contributed by atoms with Gasteiger partial charge in [0.2, 0.25) is 0 Å². The van der Waals surface area contributed by atoms with E-state index in [0.717, 1.165) is 11.6 Å². The number of amides is 1. The first-order chi connectivity index (χ1) is 10.7. The lowest BCUT2D eigenvalue weighted by molar-refractivity contribution is -0.141. The first-order valence-electron chi connectivity index (χ1n) is 6.55. The van der Waals surface area contributed by atoms with Crippen LogP contribution in [0.15, 0.2) is 41.2 Å². The Morgan fingerprint density at radius 1 is 1.17 bits per heavy atom. The van der Waals surface area contributed by atoms with Crippen LogP contribution in [0.5, 0.6) is 0 Å². The molecule has 2 aromatic rings. The molecule has 0 fully saturated rings. The van der Waals surface area contributed by atoms with Crippen molar-refractivity contribution in [1.29, 1.82) is 0 Å². The summed E-state index contributed by atoms with van der Waals surface area (Å²) in [6.07, 6.45) is -4.68. The smallest absolute Gasteiger partial charge is 0.345 e. The van der Waals surface area contributed by atoms with Gasteiger partial charge in [0.05, 0.1) is 6.04 Å². The molecule has 1 atom stereocenters. The fourth-order valence-corrected chi connectivity index (χ4v) is 2.05. The summed E-state index contributed by atoms with van der Waals surface area (Å²) < 4.78 is 37.4. The van der Waals surface area contributed by atoms with Gasteiger partial charge in [-0.1, -0.05) is 23.7 Å². The van der Waals surface area contributed by atoms with E-state index in [9.17, 15) is 22.8 Å². The van der Waals surface area contributed by atoms with Crippen LogP contribution in [0.1, 0.15) is 34.6 Å². The van der Waals surface area contributed by atoms with Gasteiger partial charge < -0.3 is 10.3 Å². The Morgan fingerprint density at radius 3 is 2.30 bits per heavy atom. The van der Waals surface area contributed by atoms with Crippen molar-refractivity contribution >= 4 is 17.5 Å². The van der Waals surface area contributed by atoms with Crippen molar-refractivity contribution in [2.24, 2.45) is 0 Å². The fraction of sp³-hybridized carbons (Fsp3) is 0.200. The van der Waals surface area contributed by atoms with Crippen LogP contribution in [0.3, 0.4) is 0 Å². The van der Waals surface area contributed by atoms with Crippen LogP contribution in [-0.4, -0.2) is 10.9 Å². The topological polar surface area (TPSA) is 62.0 Å². The molecule has 1 unspecified atom stereocenters. The predicted octanol–water partition coefficient (Wildman–Crippen LogP) is 3.54. The van der Waals surface area contributed by atoms with E-state index in [1.165, 1.54) is 0 Å². The molecule has 0 saturated carbocycles. The summed E-state index contributed by atoms with van der Waals surface area (Å²) in [6.45, 7) is 1.68. The highest BCUT2D eigenvalue weighted by atomic mass is 35.5. The number of carbonyl (C=O) groups excluding carboxylic acids is 1. The summed E-state index contributed by atoms with van der Waals surface area (Å²) >= 11 is 5.77.